The van der Waals surface area contributed by atoms with Crippen molar-refractivity contribution in [3.63, 3.8) is 0 Å². The summed E-state index contributed by atoms with van der Waals surface area (Å²) in [7, 11) is 0. The zero-order chi connectivity index (χ0) is 27.5. The first-order chi connectivity index (χ1) is 17.1. The van der Waals surface area contributed by atoms with Gasteiger partial charge in [-0.15, -0.1) is 11.8 Å². The lowest BCUT2D eigenvalue weighted by atomic mass is 10.1. The van der Waals surface area contributed by atoms with Crippen molar-refractivity contribution in [3.8, 4) is 0 Å². The maximum atomic E-state index is 14.8. The molecule has 1 heterocycles. The summed E-state index contributed by atoms with van der Waals surface area (Å²) < 4.78 is 57.8. The Labute approximate surface area is 219 Å². The van der Waals surface area contributed by atoms with E-state index in [1.807, 2.05) is 0 Å². The number of anilines is 1. The summed E-state index contributed by atoms with van der Waals surface area (Å²) in [5.74, 6) is -2.90. The van der Waals surface area contributed by atoms with Crippen LogP contribution in [0.3, 0.4) is 0 Å². The van der Waals surface area contributed by atoms with Crippen LogP contribution in [0.4, 0.5) is 28.0 Å². The molecule has 13 heteroatoms. The summed E-state index contributed by atoms with van der Waals surface area (Å²) in [6.07, 6.45) is -5.52. The number of carbonyl (C=O) groups excluding carboxylic acids is 3. The standard InChI is InChI=1S/C24H24ClF4N3O4S/c1-23(2,3)36-22(35)31-17-11-37-19-9-16(26)15(20(33)30-12-24(27,28)29)8-18(19)32(21(17)34)10-13-4-6-14(25)7-5-13/h4-9,17H,10-12H2,1-3H3,(H,30,33)(H,31,35)/t17-/m0/s1. The molecule has 0 saturated carbocycles. The highest BCUT2D eigenvalue weighted by Gasteiger charge is 2.35. The molecule has 0 fully saturated rings. The van der Waals surface area contributed by atoms with Gasteiger partial charge in [0, 0.05) is 15.7 Å². The molecular weight excluding hydrogens is 538 g/mol. The van der Waals surface area contributed by atoms with E-state index in [9.17, 15) is 31.9 Å². The van der Waals surface area contributed by atoms with Gasteiger partial charge in [0.05, 0.1) is 17.8 Å². The van der Waals surface area contributed by atoms with Crippen LogP contribution in [-0.2, 0) is 16.1 Å². The van der Waals surface area contributed by atoms with E-state index < -0.39 is 53.7 Å². The molecular formula is C24H24ClF4N3O4S. The van der Waals surface area contributed by atoms with E-state index in [0.717, 1.165) is 23.9 Å². The highest BCUT2D eigenvalue weighted by molar-refractivity contribution is 7.99. The molecule has 3 rings (SSSR count). The van der Waals surface area contributed by atoms with Crippen molar-refractivity contribution < 1.29 is 36.7 Å². The van der Waals surface area contributed by atoms with E-state index in [1.165, 1.54) is 4.90 Å². The van der Waals surface area contributed by atoms with E-state index in [0.29, 0.717) is 10.6 Å². The molecule has 0 saturated heterocycles. The number of halogens is 5. The summed E-state index contributed by atoms with van der Waals surface area (Å²) >= 11 is 6.99. The van der Waals surface area contributed by atoms with Crippen LogP contribution in [0.5, 0.6) is 0 Å². The molecule has 1 atom stereocenters. The number of alkyl carbamates (subject to hydrolysis) is 1. The second-order valence-corrected chi connectivity index (χ2v) is 10.7. The molecule has 37 heavy (non-hydrogen) atoms. The molecule has 0 spiro atoms. The van der Waals surface area contributed by atoms with E-state index in [2.05, 4.69) is 5.32 Å². The topological polar surface area (TPSA) is 87.7 Å². The van der Waals surface area contributed by atoms with E-state index in [1.54, 1.807) is 50.4 Å². The smallest absolute Gasteiger partial charge is 0.408 e. The highest BCUT2D eigenvalue weighted by Crippen LogP contribution is 2.37. The van der Waals surface area contributed by atoms with Crippen LogP contribution in [0.15, 0.2) is 41.3 Å². The molecule has 2 aromatic rings. The van der Waals surface area contributed by atoms with Gasteiger partial charge in [0.25, 0.3) is 11.8 Å². The van der Waals surface area contributed by atoms with Crippen LogP contribution < -0.4 is 15.5 Å². The predicted octanol–water partition coefficient (Wildman–Crippen LogP) is 5.30. The number of carbonyl (C=O) groups is 3. The number of amides is 3. The lowest BCUT2D eigenvalue weighted by molar-refractivity contribution is -0.123. The largest absolute Gasteiger partial charge is 0.444 e. The molecule has 1 aliphatic heterocycles. The third-order valence-electron chi connectivity index (χ3n) is 4.95. The fraction of sp³-hybridized carbons (Fsp3) is 0.375. The first-order valence-electron chi connectivity index (χ1n) is 11.0. The minimum absolute atomic E-state index is 0.0151. The number of alkyl halides is 3. The fourth-order valence-electron chi connectivity index (χ4n) is 3.36. The van der Waals surface area contributed by atoms with Crippen molar-refractivity contribution in [1.29, 1.82) is 0 Å². The highest BCUT2D eigenvalue weighted by atomic mass is 35.5. The van der Waals surface area contributed by atoms with E-state index in [-0.39, 0.29) is 22.9 Å². The fourth-order valence-corrected chi connectivity index (χ4v) is 4.56. The van der Waals surface area contributed by atoms with Crippen LogP contribution in [0.2, 0.25) is 5.02 Å². The number of nitrogens with one attached hydrogen (secondary N) is 2. The van der Waals surface area contributed by atoms with Gasteiger partial charge in [0.15, 0.2) is 0 Å². The summed E-state index contributed by atoms with van der Waals surface area (Å²) in [5, 5.41) is 4.62. The average Bonchev–Trinajstić information content (AvgIpc) is 2.88. The third-order valence-corrected chi connectivity index (χ3v) is 6.34. The molecule has 0 aliphatic carbocycles. The van der Waals surface area contributed by atoms with Gasteiger partial charge in [-0.3, -0.25) is 9.59 Å². The first kappa shape index (κ1) is 28.6. The van der Waals surface area contributed by atoms with Crippen molar-refractivity contribution in [3.05, 3.63) is 58.4 Å². The minimum Gasteiger partial charge on any atom is -0.444 e. The molecule has 200 valence electrons. The van der Waals surface area contributed by atoms with Crippen molar-refractivity contribution in [2.24, 2.45) is 0 Å². The molecule has 2 aromatic carbocycles. The van der Waals surface area contributed by atoms with Crippen molar-refractivity contribution in [2.45, 2.75) is 50.0 Å². The molecule has 0 radical (unpaired) electrons. The molecule has 2 N–H and O–H groups in total. The van der Waals surface area contributed by atoms with Crippen LogP contribution in [0.1, 0.15) is 36.7 Å². The monoisotopic (exact) mass is 561 g/mol. The van der Waals surface area contributed by atoms with Gasteiger partial charge < -0.3 is 20.3 Å². The number of ether oxygens (including phenoxy) is 1. The van der Waals surface area contributed by atoms with Gasteiger partial charge in [-0.2, -0.15) is 13.2 Å². The van der Waals surface area contributed by atoms with Gasteiger partial charge in [0.2, 0.25) is 0 Å². The van der Waals surface area contributed by atoms with Gasteiger partial charge in [-0.25, -0.2) is 9.18 Å². The summed E-state index contributed by atoms with van der Waals surface area (Å²) in [6.45, 7) is 3.28. The van der Waals surface area contributed by atoms with Crippen molar-refractivity contribution in [1.82, 2.24) is 10.6 Å². The molecule has 0 bridgehead atoms. The number of rotatable bonds is 5. The van der Waals surface area contributed by atoms with Gasteiger partial charge in [0.1, 0.15) is 24.0 Å². The second kappa shape index (κ2) is 11.2. The zero-order valence-electron chi connectivity index (χ0n) is 20.0. The van der Waals surface area contributed by atoms with Crippen LogP contribution >= 0.6 is 23.4 Å². The second-order valence-electron chi connectivity index (χ2n) is 9.16. The Morgan fingerprint density at radius 1 is 1.16 bits per heavy atom. The lowest BCUT2D eigenvalue weighted by Crippen LogP contribution is -2.50. The van der Waals surface area contributed by atoms with Crippen molar-refractivity contribution in [2.75, 3.05) is 17.2 Å². The van der Waals surface area contributed by atoms with Gasteiger partial charge in [-0.1, -0.05) is 23.7 Å². The van der Waals surface area contributed by atoms with Gasteiger partial charge in [-0.05, 0) is 50.6 Å². The number of hydrogen-bond acceptors (Lipinski definition) is 5. The predicted molar refractivity (Wildman–Crippen MR) is 131 cm³/mol. The molecule has 0 unspecified atom stereocenters. The number of fused-ring (bicyclic) bond motifs is 1. The lowest BCUT2D eigenvalue weighted by Gasteiger charge is -2.27. The Bertz CT molecular complexity index is 1190. The Kier molecular flexibility index (Phi) is 8.63. The van der Waals surface area contributed by atoms with Crippen LogP contribution in [0.25, 0.3) is 0 Å². The third kappa shape index (κ3) is 8.00. The summed E-state index contributed by atoms with van der Waals surface area (Å²) in [5.41, 5.74) is -0.745. The summed E-state index contributed by atoms with van der Waals surface area (Å²) in [6, 6.07) is 7.46. The Hall–Kier alpha value is -2.99. The molecule has 0 aromatic heterocycles. The van der Waals surface area contributed by atoms with E-state index >= 15 is 0 Å². The Morgan fingerprint density at radius 2 is 1.81 bits per heavy atom. The zero-order valence-corrected chi connectivity index (χ0v) is 21.6. The Balaban J connectivity index is 1.99. The number of nitrogens with zero attached hydrogens (tertiary/aromatic N) is 1. The minimum atomic E-state index is -4.69. The number of thioether (sulfide) groups is 1. The van der Waals surface area contributed by atoms with Crippen LogP contribution in [0, 0.1) is 5.82 Å². The molecule has 1 aliphatic rings. The SMILES string of the molecule is CC(C)(C)OC(=O)N[C@H]1CSc2cc(F)c(C(=O)NCC(F)(F)F)cc2N(Cc2ccc(Cl)cc2)C1=O. The normalized spacial score (nSPS) is 16.1. The average molecular weight is 562 g/mol. The van der Waals surface area contributed by atoms with E-state index in [4.69, 9.17) is 16.3 Å². The Morgan fingerprint density at radius 3 is 2.41 bits per heavy atom. The number of benzene rings is 2. The number of hydrogen-bond donors (Lipinski definition) is 2. The van der Waals surface area contributed by atoms with Gasteiger partial charge >= 0.3 is 12.3 Å². The maximum Gasteiger partial charge on any atom is 0.408 e. The summed E-state index contributed by atoms with van der Waals surface area (Å²) in [4.78, 5) is 39.8. The quantitative estimate of drug-likeness (QED) is 0.484. The molecule has 7 nitrogen and oxygen atoms in total. The van der Waals surface area contributed by atoms with Crippen molar-refractivity contribution >= 4 is 47.0 Å². The maximum absolute atomic E-state index is 14.8. The van der Waals surface area contributed by atoms with Crippen LogP contribution in [-0.4, -0.2) is 48.0 Å². The first-order valence-corrected chi connectivity index (χ1v) is 12.4. The molecule has 3 amide bonds.